The van der Waals surface area contributed by atoms with Crippen LogP contribution in [0, 0.1) is 33.1 Å². The number of aliphatic imine (C=N–C) groups is 1. The fraction of sp³-hybridized carbons (Fsp3) is 0.408. The first kappa shape index (κ1) is 34.5. The lowest BCUT2D eigenvalue weighted by atomic mass is 9.66. The lowest BCUT2D eigenvalue weighted by Gasteiger charge is -2.45. The molecular weight excluding hydrogens is 677 g/mol. The van der Waals surface area contributed by atoms with E-state index in [-0.39, 0.29) is 10.8 Å². The molecule has 0 saturated carbocycles. The SMILES string of the molecule is [2H]C1([2H])c2nc(C)c(C)cc2[C@@]2(C)N=C(c3cc(Oc4cc(C)cc(-n5c6ccc(C(C)(C)C)cc6c6cc(C)cnc65)c4)cc(C(C)(C)C)c3)O[C@@]12C(C)(C)C. The van der Waals surface area contributed by atoms with Crippen molar-refractivity contribution < 1.29 is 12.2 Å². The number of aryl methyl sites for hydroxylation is 4. The zero-order valence-corrected chi connectivity index (χ0v) is 35.0. The van der Waals surface area contributed by atoms with Gasteiger partial charge in [-0.15, -0.1) is 0 Å². The molecule has 0 bridgehead atoms. The molecule has 2 aliphatic rings. The second kappa shape index (κ2) is 12.0. The van der Waals surface area contributed by atoms with Crippen molar-refractivity contribution in [2.45, 2.75) is 125 Å². The molecule has 1 aliphatic carbocycles. The van der Waals surface area contributed by atoms with E-state index in [1.165, 1.54) is 10.9 Å². The molecule has 4 heterocycles. The fourth-order valence-corrected chi connectivity index (χ4v) is 8.47. The number of rotatable bonds is 4. The highest BCUT2D eigenvalue weighted by molar-refractivity contribution is 6.08. The zero-order valence-electron chi connectivity index (χ0n) is 37.0. The summed E-state index contributed by atoms with van der Waals surface area (Å²) >= 11 is 0. The van der Waals surface area contributed by atoms with E-state index in [2.05, 4.69) is 121 Å². The van der Waals surface area contributed by atoms with E-state index in [0.29, 0.717) is 23.1 Å². The van der Waals surface area contributed by atoms with Crippen molar-refractivity contribution in [3.8, 4) is 17.2 Å². The first-order valence-corrected chi connectivity index (χ1v) is 19.5. The highest BCUT2D eigenvalue weighted by Crippen LogP contribution is 2.60. The topological polar surface area (TPSA) is 61.5 Å². The molecule has 0 unspecified atom stereocenters. The molecule has 1 aliphatic heterocycles. The van der Waals surface area contributed by atoms with Crippen LogP contribution in [-0.2, 0) is 27.5 Å². The minimum atomic E-state index is -1.92. The van der Waals surface area contributed by atoms with Gasteiger partial charge in [0.25, 0.3) is 0 Å². The molecule has 3 aromatic carbocycles. The Hall–Kier alpha value is -4.97. The van der Waals surface area contributed by atoms with Crippen molar-refractivity contribution in [2.75, 3.05) is 0 Å². The highest BCUT2D eigenvalue weighted by atomic mass is 16.5. The normalized spacial score (nSPS) is 21.2. The van der Waals surface area contributed by atoms with Crippen LogP contribution in [0.25, 0.3) is 27.6 Å². The number of fused-ring (bicyclic) bond motifs is 6. The van der Waals surface area contributed by atoms with Gasteiger partial charge in [0.05, 0.1) is 16.9 Å². The molecule has 55 heavy (non-hydrogen) atoms. The van der Waals surface area contributed by atoms with Crippen LogP contribution in [0.2, 0.25) is 0 Å². The standard InChI is InChI=1S/C49H56N4O2/c1-28-17-35(53-42-16-15-33(45(5,6)7)24-38(42)39-19-29(2)27-50-43(39)53)25-36(18-28)54-37-22-32(21-34(23-37)46(8,9)10)44-52-48(14)40-20-30(3)31(4)51-41(40)26-49(48,55-44)47(11,12)13/h15-25,27H,26H2,1-14H3/t48-,49-/m1/s1/i26D2. The van der Waals surface area contributed by atoms with Crippen LogP contribution in [0.15, 0.2) is 77.9 Å². The maximum absolute atomic E-state index is 9.70. The van der Waals surface area contributed by atoms with Crippen molar-refractivity contribution in [1.82, 2.24) is 14.5 Å². The van der Waals surface area contributed by atoms with Gasteiger partial charge in [-0.05, 0) is 128 Å². The van der Waals surface area contributed by atoms with Gasteiger partial charge in [-0.2, -0.15) is 0 Å². The van der Waals surface area contributed by atoms with E-state index >= 15 is 0 Å². The van der Waals surface area contributed by atoms with Crippen LogP contribution < -0.4 is 4.74 Å². The largest absolute Gasteiger partial charge is 0.467 e. The van der Waals surface area contributed by atoms with E-state index in [0.717, 1.165) is 61.3 Å². The van der Waals surface area contributed by atoms with Crippen LogP contribution in [-0.4, -0.2) is 26.0 Å². The van der Waals surface area contributed by atoms with Gasteiger partial charge >= 0.3 is 0 Å². The van der Waals surface area contributed by atoms with Crippen LogP contribution >= 0.6 is 0 Å². The second-order valence-electron chi connectivity index (χ2n) is 19.2. The number of benzene rings is 3. The van der Waals surface area contributed by atoms with Gasteiger partial charge in [-0.3, -0.25) is 9.55 Å². The maximum Gasteiger partial charge on any atom is 0.217 e. The van der Waals surface area contributed by atoms with Gasteiger partial charge in [0.15, 0.2) is 5.60 Å². The van der Waals surface area contributed by atoms with Gasteiger partial charge in [0.1, 0.15) is 22.7 Å². The predicted molar refractivity (Wildman–Crippen MR) is 227 cm³/mol. The molecule has 8 rings (SSSR count). The average molecular weight is 735 g/mol. The van der Waals surface area contributed by atoms with E-state index in [4.69, 9.17) is 24.4 Å². The highest BCUT2D eigenvalue weighted by Gasteiger charge is 2.67. The number of pyridine rings is 2. The first-order chi connectivity index (χ1) is 26.4. The molecule has 0 radical (unpaired) electrons. The summed E-state index contributed by atoms with van der Waals surface area (Å²) < 4.78 is 35.5. The molecule has 0 fully saturated rings. The zero-order chi connectivity index (χ0) is 41.4. The summed E-state index contributed by atoms with van der Waals surface area (Å²) in [5, 5.41) is 2.30. The molecule has 0 amide bonds. The van der Waals surface area contributed by atoms with E-state index in [9.17, 15) is 2.74 Å². The third kappa shape index (κ3) is 5.86. The molecule has 0 saturated heterocycles. The molecule has 3 aromatic heterocycles. The van der Waals surface area contributed by atoms with Crippen LogP contribution in [0.4, 0.5) is 0 Å². The maximum atomic E-state index is 9.70. The van der Waals surface area contributed by atoms with Crippen molar-refractivity contribution in [1.29, 1.82) is 0 Å². The Labute approximate surface area is 329 Å². The summed E-state index contributed by atoms with van der Waals surface area (Å²) in [5.41, 5.74) is 7.95. The van der Waals surface area contributed by atoms with E-state index < -0.39 is 22.9 Å². The second-order valence-corrected chi connectivity index (χ2v) is 19.2. The van der Waals surface area contributed by atoms with Crippen LogP contribution in [0.3, 0.4) is 0 Å². The van der Waals surface area contributed by atoms with E-state index in [1.807, 2.05) is 53.8 Å². The summed E-state index contributed by atoms with van der Waals surface area (Å²) in [7, 11) is 0. The molecule has 6 nitrogen and oxygen atoms in total. The Balaban J connectivity index is 1.26. The molecule has 2 atom stereocenters. The predicted octanol–water partition coefficient (Wildman–Crippen LogP) is 12.2. The number of hydrogen-bond donors (Lipinski definition) is 0. The summed E-state index contributed by atoms with van der Waals surface area (Å²) in [6.45, 7) is 29.6. The van der Waals surface area contributed by atoms with Crippen molar-refractivity contribution in [3.63, 3.8) is 0 Å². The lowest BCUT2D eigenvalue weighted by molar-refractivity contribution is -0.0675. The van der Waals surface area contributed by atoms with Gasteiger partial charge in [0.2, 0.25) is 5.90 Å². The molecule has 6 heteroatoms. The number of nitrogens with zero attached hydrogens (tertiary/aromatic N) is 4. The first-order valence-electron chi connectivity index (χ1n) is 20.5. The van der Waals surface area contributed by atoms with Gasteiger partial charge < -0.3 is 9.47 Å². The Morgan fingerprint density at radius 3 is 2.16 bits per heavy atom. The van der Waals surface area contributed by atoms with Gasteiger partial charge in [-0.1, -0.05) is 68.4 Å². The van der Waals surface area contributed by atoms with Gasteiger partial charge in [-0.25, -0.2) is 9.98 Å². The number of ether oxygens (including phenoxy) is 2. The smallest absolute Gasteiger partial charge is 0.217 e. The third-order valence-electron chi connectivity index (χ3n) is 11.8. The molecule has 6 aromatic rings. The van der Waals surface area contributed by atoms with Crippen molar-refractivity contribution >= 4 is 27.8 Å². The quantitative estimate of drug-likeness (QED) is 0.181. The number of aromatic nitrogens is 3. The average Bonchev–Trinajstić information content (AvgIpc) is 3.65. The monoisotopic (exact) mass is 734 g/mol. The molecule has 0 spiro atoms. The fourth-order valence-electron chi connectivity index (χ4n) is 8.47. The summed E-state index contributed by atoms with van der Waals surface area (Å²) in [5.74, 6) is 1.75. The van der Waals surface area contributed by atoms with Crippen LogP contribution in [0.1, 0.15) is 122 Å². The van der Waals surface area contributed by atoms with E-state index in [1.54, 1.807) is 0 Å². The van der Waals surface area contributed by atoms with Crippen molar-refractivity contribution in [2.24, 2.45) is 10.4 Å². The Morgan fingerprint density at radius 2 is 1.47 bits per heavy atom. The Bertz CT molecular complexity index is 2690. The minimum Gasteiger partial charge on any atom is -0.467 e. The lowest BCUT2D eigenvalue weighted by Crippen LogP contribution is -2.54. The van der Waals surface area contributed by atoms with Crippen molar-refractivity contribution in [3.05, 3.63) is 123 Å². The minimum absolute atomic E-state index is 0.00892. The molecular formula is C49H56N4O2. The summed E-state index contributed by atoms with van der Waals surface area (Å²) in [6.07, 6.45) is 0.0107. The third-order valence-corrected chi connectivity index (χ3v) is 11.8. The summed E-state index contributed by atoms with van der Waals surface area (Å²) in [4.78, 5) is 15.2. The van der Waals surface area contributed by atoms with Gasteiger partial charge in [0, 0.05) is 54.4 Å². The Kier molecular flexibility index (Phi) is 7.54. The number of hydrogen-bond acceptors (Lipinski definition) is 5. The molecule has 284 valence electrons. The summed E-state index contributed by atoms with van der Waals surface area (Å²) in [6, 6.07) is 23.6. The molecule has 0 N–H and O–H groups in total. The van der Waals surface area contributed by atoms with Crippen LogP contribution in [0.5, 0.6) is 11.5 Å². The Morgan fingerprint density at radius 1 is 0.764 bits per heavy atom.